The van der Waals surface area contributed by atoms with Crippen LogP contribution in [0.4, 0.5) is 17.1 Å². The maximum Gasteiger partial charge on any atom is 0.339 e. The average Bonchev–Trinajstić information content (AvgIpc) is 2.67. The normalized spacial score (nSPS) is 10.0. The molecule has 2 rings (SSSR count). The standard InChI is InChI=1S/C18H18N2O5/c1-4-20(15-8-6-5-7-13(15)18(22)25-3)16-10-9-12(17(21)24-2)11-14(16)19-23/h5-11H,4H2,1-3H3. The lowest BCUT2D eigenvalue weighted by molar-refractivity contribution is 0.0592. The molecule has 0 aromatic heterocycles. The second-order valence-corrected chi connectivity index (χ2v) is 5.04. The maximum absolute atomic E-state index is 12.0. The number of hydrogen-bond donors (Lipinski definition) is 0. The SMILES string of the molecule is CCN(c1ccc(C(=O)OC)cc1N=O)c1ccccc1C(=O)OC. The Morgan fingerprint density at radius 2 is 1.68 bits per heavy atom. The first-order valence-corrected chi connectivity index (χ1v) is 7.58. The maximum atomic E-state index is 12.0. The topological polar surface area (TPSA) is 85.3 Å². The molecule has 0 amide bonds. The number of esters is 2. The molecule has 0 saturated heterocycles. The number of nitroso groups, excluding NO2 is 1. The summed E-state index contributed by atoms with van der Waals surface area (Å²) < 4.78 is 9.47. The number of anilines is 2. The van der Waals surface area contributed by atoms with Gasteiger partial charge in [0.15, 0.2) is 0 Å². The van der Waals surface area contributed by atoms with E-state index in [1.165, 1.54) is 20.3 Å². The number of nitrogens with zero attached hydrogens (tertiary/aromatic N) is 2. The van der Waals surface area contributed by atoms with Gasteiger partial charge in [0, 0.05) is 6.54 Å². The third kappa shape index (κ3) is 3.65. The third-order valence-corrected chi connectivity index (χ3v) is 3.70. The van der Waals surface area contributed by atoms with Gasteiger partial charge in [0.2, 0.25) is 0 Å². The summed E-state index contributed by atoms with van der Waals surface area (Å²) in [6, 6.07) is 11.4. The molecule has 25 heavy (non-hydrogen) atoms. The number of carbonyl (C=O) groups is 2. The quantitative estimate of drug-likeness (QED) is 0.586. The lowest BCUT2D eigenvalue weighted by Crippen LogP contribution is -2.20. The van der Waals surface area contributed by atoms with Crippen LogP contribution < -0.4 is 4.90 Å². The van der Waals surface area contributed by atoms with Crippen LogP contribution in [0.3, 0.4) is 0 Å². The van der Waals surface area contributed by atoms with Crippen molar-refractivity contribution in [3.63, 3.8) is 0 Å². The van der Waals surface area contributed by atoms with Gasteiger partial charge in [-0.05, 0) is 42.4 Å². The number of ether oxygens (including phenoxy) is 2. The summed E-state index contributed by atoms with van der Waals surface area (Å²) in [7, 11) is 2.56. The molecule has 0 aliphatic rings. The molecule has 0 heterocycles. The molecule has 0 radical (unpaired) electrons. The van der Waals surface area contributed by atoms with Gasteiger partial charge in [-0.2, -0.15) is 0 Å². The van der Waals surface area contributed by atoms with Gasteiger partial charge in [0.1, 0.15) is 5.69 Å². The molecule has 7 nitrogen and oxygen atoms in total. The molecule has 0 fully saturated rings. The van der Waals surface area contributed by atoms with Crippen molar-refractivity contribution >= 4 is 29.0 Å². The Morgan fingerprint density at radius 1 is 1.00 bits per heavy atom. The van der Waals surface area contributed by atoms with E-state index in [1.54, 1.807) is 41.3 Å². The van der Waals surface area contributed by atoms with Crippen LogP contribution in [0.15, 0.2) is 47.6 Å². The van der Waals surface area contributed by atoms with Crippen molar-refractivity contribution < 1.29 is 19.1 Å². The molecule has 0 spiro atoms. The highest BCUT2D eigenvalue weighted by Gasteiger charge is 2.20. The van der Waals surface area contributed by atoms with Crippen molar-refractivity contribution in [1.82, 2.24) is 0 Å². The van der Waals surface area contributed by atoms with E-state index in [9.17, 15) is 14.5 Å². The Labute approximate surface area is 145 Å². The van der Waals surface area contributed by atoms with E-state index < -0.39 is 11.9 Å². The van der Waals surface area contributed by atoms with Crippen molar-refractivity contribution in [2.24, 2.45) is 5.18 Å². The zero-order valence-electron chi connectivity index (χ0n) is 14.2. The second kappa shape index (κ2) is 8.05. The molecule has 130 valence electrons. The minimum absolute atomic E-state index is 0.0735. The number of rotatable bonds is 6. The van der Waals surface area contributed by atoms with Crippen molar-refractivity contribution in [3.8, 4) is 0 Å². The Bertz CT molecular complexity index is 804. The fourth-order valence-corrected chi connectivity index (χ4v) is 2.53. The Kier molecular flexibility index (Phi) is 5.84. The lowest BCUT2D eigenvalue weighted by atomic mass is 10.1. The molecule has 7 heteroatoms. The van der Waals surface area contributed by atoms with Crippen LogP contribution in [0.1, 0.15) is 27.6 Å². The van der Waals surface area contributed by atoms with Crippen LogP contribution in [0.25, 0.3) is 0 Å². The predicted octanol–water partition coefficient (Wildman–Crippen LogP) is 3.82. The van der Waals surface area contributed by atoms with Crippen LogP contribution in [0, 0.1) is 4.91 Å². The first kappa shape index (κ1) is 18.1. The monoisotopic (exact) mass is 342 g/mol. The zero-order valence-corrected chi connectivity index (χ0v) is 14.2. The number of hydrogen-bond acceptors (Lipinski definition) is 7. The first-order valence-electron chi connectivity index (χ1n) is 7.58. The molecular formula is C18H18N2O5. The molecule has 0 saturated carbocycles. The average molecular weight is 342 g/mol. The van der Waals surface area contributed by atoms with Gasteiger partial charge in [0.05, 0.1) is 36.7 Å². The smallest absolute Gasteiger partial charge is 0.339 e. The van der Waals surface area contributed by atoms with Crippen molar-refractivity contribution in [2.75, 3.05) is 25.7 Å². The summed E-state index contributed by atoms with van der Waals surface area (Å²) >= 11 is 0. The highest BCUT2D eigenvalue weighted by atomic mass is 16.5. The summed E-state index contributed by atoms with van der Waals surface area (Å²) in [6.07, 6.45) is 0. The molecule has 2 aromatic carbocycles. The summed E-state index contributed by atoms with van der Waals surface area (Å²) in [5.41, 5.74) is 1.71. The van der Waals surface area contributed by atoms with Gasteiger partial charge in [-0.1, -0.05) is 12.1 Å². The van der Waals surface area contributed by atoms with E-state index in [2.05, 4.69) is 9.91 Å². The highest BCUT2D eigenvalue weighted by Crippen LogP contribution is 2.36. The molecule has 0 bridgehead atoms. The van der Waals surface area contributed by atoms with E-state index in [1.807, 2.05) is 6.92 Å². The van der Waals surface area contributed by atoms with Gasteiger partial charge in [-0.3, -0.25) is 0 Å². The number of carbonyl (C=O) groups excluding carboxylic acids is 2. The summed E-state index contributed by atoms with van der Waals surface area (Å²) in [5, 5.41) is 3.02. The minimum atomic E-state index is -0.561. The van der Waals surface area contributed by atoms with E-state index in [-0.39, 0.29) is 11.3 Å². The molecule has 0 N–H and O–H groups in total. The number of benzene rings is 2. The summed E-state index contributed by atoms with van der Waals surface area (Å²) in [5.74, 6) is -1.05. The molecular weight excluding hydrogens is 324 g/mol. The first-order chi connectivity index (χ1) is 12.1. The highest BCUT2D eigenvalue weighted by molar-refractivity contribution is 5.98. The van der Waals surface area contributed by atoms with Crippen LogP contribution >= 0.6 is 0 Å². The van der Waals surface area contributed by atoms with E-state index in [4.69, 9.17) is 4.74 Å². The third-order valence-electron chi connectivity index (χ3n) is 3.70. The van der Waals surface area contributed by atoms with Crippen molar-refractivity contribution in [3.05, 3.63) is 58.5 Å². The van der Waals surface area contributed by atoms with E-state index in [0.29, 0.717) is 23.5 Å². The molecule has 0 aliphatic heterocycles. The second-order valence-electron chi connectivity index (χ2n) is 5.04. The fourth-order valence-electron chi connectivity index (χ4n) is 2.53. The number of para-hydroxylation sites is 1. The van der Waals surface area contributed by atoms with Crippen LogP contribution in [0.5, 0.6) is 0 Å². The van der Waals surface area contributed by atoms with Gasteiger partial charge >= 0.3 is 11.9 Å². The largest absolute Gasteiger partial charge is 0.465 e. The van der Waals surface area contributed by atoms with Gasteiger partial charge < -0.3 is 14.4 Å². The van der Waals surface area contributed by atoms with E-state index in [0.717, 1.165) is 0 Å². The molecule has 0 aliphatic carbocycles. The lowest BCUT2D eigenvalue weighted by Gasteiger charge is -2.26. The van der Waals surface area contributed by atoms with Gasteiger partial charge in [-0.25, -0.2) is 9.59 Å². The van der Waals surface area contributed by atoms with Gasteiger partial charge in [-0.15, -0.1) is 4.91 Å². The Hall–Kier alpha value is -3.22. The molecule has 0 atom stereocenters. The Balaban J connectivity index is 2.57. The van der Waals surface area contributed by atoms with E-state index >= 15 is 0 Å². The summed E-state index contributed by atoms with van der Waals surface area (Å²) in [4.78, 5) is 36.7. The zero-order chi connectivity index (χ0) is 18.4. The van der Waals surface area contributed by atoms with Crippen molar-refractivity contribution in [1.29, 1.82) is 0 Å². The Morgan fingerprint density at radius 3 is 2.28 bits per heavy atom. The van der Waals surface area contributed by atoms with Crippen LogP contribution in [-0.4, -0.2) is 32.7 Å². The van der Waals surface area contributed by atoms with Crippen molar-refractivity contribution in [2.45, 2.75) is 6.92 Å². The predicted molar refractivity (Wildman–Crippen MR) is 93.7 cm³/mol. The van der Waals surface area contributed by atoms with Crippen LogP contribution in [-0.2, 0) is 9.47 Å². The fraction of sp³-hybridized carbons (Fsp3) is 0.222. The van der Waals surface area contributed by atoms with Gasteiger partial charge in [0.25, 0.3) is 0 Å². The minimum Gasteiger partial charge on any atom is -0.465 e. The number of methoxy groups -OCH3 is 2. The van der Waals surface area contributed by atoms with Crippen LogP contribution in [0.2, 0.25) is 0 Å². The molecule has 0 unspecified atom stereocenters. The molecule has 2 aromatic rings. The summed E-state index contributed by atoms with van der Waals surface area (Å²) in [6.45, 7) is 2.34.